The smallest absolute Gasteiger partial charge is 0.213 e. The third-order valence-electron chi connectivity index (χ3n) is 2.19. The van der Waals surface area contributed by atoms with E-state index in [-0.39, 0.29) is 0 Å². The van der Waals surface area contributed by atoms with Crippen LogP contribution in [0.3, 0.4) is 0 Å². The van der Waals surface area contributed by atoms with Crippen molar-refractivity contribution in [2.45, 2.75) is 13.5 Å². The zero-order valence-corrected chi connectivity index (χ0v) is 10.6. The van der Waals surface area contributed by atoms with Crippen LogP contribution in [0.15, 0.2) is 47.1 Å². The first-order valence-corrected chi connectivity index (χ1v) is 5.83. The highest BCUT2D eigenvalue weighted by Gasteiger charge is 1.97. The minimum absolute atomic E-state index is 0.545. The van der Waals surface area contributed by atoms with Crippen molar-refractivity contribution in [2.75, 3.05) is 0 Å². The lowest BCUT2D eigenvalue weighted by molar-refractivity contribution is 0.293. The van der Waals surface area contributed by atoms with Gasteiger partial charge in [0.05, 0.1) is 0 Å². The number of aromatic nitrogens is 1. The van der Waals surface area contributed by atoms with Crippen molar-refractivity contribution in [3.05, 3.63) is 58.2 Å². The maximum Gasteiger partial charge on any atom is 0.213 e. The Balaban J connectivity index is 1.99. The van der Waals surface area contributed by atoms with Crippen LogP contribution in [0, 0.1) is 6.92 Å². The van der Waals surface area contributed by atoms with Gasteiger partial charge in [0.2, 0.25) is 5.88 Å². The molecule has 0 fully saturated rings. The molecule has 3 heteroatoms. The molecule has 1 aromatic heterocycles. The first-order valence-electron chi connectivity index (χ1n) is 5.04. The highest BCUT2D eigenvalue weighted by Crippen LogP contribution is 2.13. The average Bonchev–Trinajstić information content (AvgIpc) is 2.28. The van der Waals surface area contributed by atoms with Crippen LogP contribution in [0.25, 0.3) is 0 Å². The summed E-state index contributed by atoms with van der Waals surface area (Å²) in [5.74, 6) is 0.669. The van der Waals surface area contributed by atoms with Crippen molar-refractivity contribution in [1.82, 2.24) is 4.98 Å². The average molecular weight is 278 g/mol. The molecular formula is C13H12BrNO. The standard InChI is InChI=1S/C13H12BrNO/c1-10-6-7-15-13(8-10)16-9-11-2-4-12(14)5-3-11/h2-8H,9H2,1H3. The van der Waals surface area contributed by atoms with Gasteiger partial charge in [-0.05, 0) is 36.2 Å². The Kier molecular flexibility index (Phi) is 3.57. The monoisotopic (exact) mass is 277 g/mol. The molecule has 0 aliphatic heterocycles. The van der Waals surface area contributed by atoms with Crippen LogP contribution in [0.4, 0.5) is 0 Å². The summed E-state index contributed by atoms with van der Waals surface area (Å²) >= 11 is 3.40. The number of aryl methyl sites for hydroxylation is 1. The van der Waals surface area contributed by atoms with Crippen molar-refractivity contribution in [3.8, 4) is 5.88 Å². The molecule has 0 aliphatic rings. The Morgan fingerprint density at radius 1 is 1.19 bits per heavy atom. The summed E-state index contributed by atoms with van der Waals surface area (Å²) in [6.07, 6.45) is 1.76. The Morgan fingerprint density at radius 3 is 2.62 bits per heavy atom. The van der Waals surface area contributed by atoms with E-state index in [2.05, 4.69) is 20.9 Å². The van der Waals surface area contributed by atoms with E-state index in [4.69, 9.17) is 4.74 Å². The number of ether oxygens (including phenoxy) is 1. The van der Waals surface area contributed by atoms with Gasteiger partial charge in [-0.25, -0.2) is 4.98 Å². The van der Waals surface area contributed by atoms with Crippen LogP contribution in [0.5, 0.6) is 5.88 Å². The van der Waals surface area contributed by atoms with E-state index in [0.717, 1.165) is 15.6 Å². The summed E-state index contributed by atoms with van der Waals surface area (Å²) in [6, 6.07) is 11.9. The minimum Gasteiger partial charge on any atom is -0.473 e. The van der Waals surface area contributed by atoms with E-state index in [1.54, 1.807) is 6.20 Å². The van der Waals surface area contributed by atoms with Gasteiger partial charge in [0, 0.05) is 16.7 Å². The fourth-order valence-corrected chi connectivity index (χ4v) is 1.59. The summed E-state index contributed by atoms with van der Waals surface area (Å²) in [7, 11) is 0. The number of halogens is 1. The molecule has 0 unspecified atom stereocenters. The van der Waals surface area contributed by atoms with Crippen LogP contribution in [0.2, 0.25) is 0 Å². The minimum atomic E-state index is 0.545. The van der Waals surface area contributed by atoms with Crippen molar-refractivity contribution in [3.63, 3.8) is 0 Å². The molecule has 82 valence electrons. The van der Waals surface area contributed by atoms with Gasteiger partial charge in [-0.2, -0.15) is 0 Å². The second kappa shape index (κ2) is 5.12. The third-order valence-corrected chi connectivity index (χ3v) is 2.72. The van der Waals surface area contributed by atoms with Crippen molar-refractivity contribution in [1.29, 1.82) is 0 Å². The predicted molar refractivity (Wildman–Crippen MR) is 67.4 cm³/mol. The summed E-state index contributed by atoms with van der Waals surface area (Å²) in [5.41, 5.74) is 2.28. The van der Waals surface area contributed by atoms with E-state index in [9.17, 15) is 0 Å². The highest BCUT2D eigenvalue weighted by molar-refractivity contribution is 9.10. The van der Waals surface area contributed by atoms with Gasteiger partial charge in [-0.1, -0.05) is 28.1 Å². The quantitative estimate of drug-likeness (QED) is 0.853. The second-order valence-corrected chi connectivity index (χ2v) is 4.50. The van der Waals surface area contributed by atoms with Gasteiger partial charge in [0.25, 0.3) is 0 Å². The van der Waals surface area contributed by atoms with Crippen LogP contribution < -0.4 is 4.74 Å². The molecule has 16 heavy (non-hydrogen) atoms. The van der Waals surface area contributed by atoms with Gasteiger partial charge >= 0.3 is 0 Å². The number of nitrogens with zero attached hydrogens (tertiary/aromatic N) is 1. The molecule has 1 heterocycles. The molecule has 0 saturated carbocycles. The Labute approximate surface area is 103 Å². The van der Waals surface area contributed by atoms with Crippen molar-refractivity contribution >= 4 is 15.9 Å². The van der Waals surface area contributed by atoms with E-state index in [1.165, 1.54) is 0 Å². The molecule has 0 aliphatic carbocycles. The SMILES string of the molecule is Cc1ccnc(OCc2ccc(Br)cc2)c1. The summed E-state index contributed by atoms with van der Waals surface area (Å²) < 4.78 is 6.66. The molecule has 1 aromatic carbocycles. The number of benzene rings is 1. The van der Waals surface area contributed by atoms with Crippen LogP contribution in [-0.4, -0.2) is 4.98 Å². The zero-order chi connectivity index (χ0) is 11.4. The van der Waals surface area contributed by atoms with Gasteiger partial charge in [0.1, 0.15) is 6.61 Å². The van der Waals surface area contributed by atoms with Gasteiger partial charge in [0.15, 0.2) is 0 Å². The van der Waals surface area contributed by atoms with Crippen LogP contribution in [-0.2, 0) is 6.61 Å². The molecule has 0 saturated heterocycles. The first-order chi connectivity index (χ1) is 7.74. The summed E-state index contributed by atoms with van der Waals surface area (Å²) in [5, 5.41) is 0. The molecule has 2 aromatic rings. The number of pyridine rings is 1. The molecular weight excluding hydrogens is 266 g/mol. The van der Waals surface area contributed by atoms with E-state index in [0.29, 0.717) is 12.5 Å². The van der Waals surface area contributed by atoms with Gasteiger partial charge in [-0.3, -0.25) is 0 Å². The zero-order valence-electron chi connectivity index (χ0n) is 8.98. The first kappa shape index (κ1) is 11.1. The largest absolute Gasteiger partial charge is 0.473 e. The van der Waals surface area contributed by atoms with E-state index < -0.39 is 0 Å². The number of hydrogen-bond acceptors (Lipinski definition) is 2. The third kappa shape index (κ3) is 3.07. The lowest BCUT2D eigenvalue weighted by Gasteiger charge is -2.05. The van der Waals surface area contributed by atoms with E-state index >= 15 is 0 Å². The van der Waals surface area contributed by atoms with Crippen LogP contribution >= 0.6 is 15.9 Å². The Hall–Kier alpha value is -1.35. The van der Waals surface area contributed by atoms with Crippen molar-refractivity contribution in [2.24, 2.45) is 0 Å². The maximum absolute atomic E-state index is 5.59. The fraction of sp³-hybridized carbons (Fsp3) is 0.154. The molecule has 0 radical (unpaired) electrons. The van der Waals surface area contributed by atoms with Crippen molar-refractivity contribution < 1.29 is 4.74 Å². The molecule has 0 spiro atoms. The molecule has 2 rings (SSSR count). The molecule has 2 nitrogen and oxygen atoms in total. The Bertz CT molecular complexity index is 468. The van der Waals surface area contributed by atoms with Gasteiger partial charge < -0.3 is 4.74 Å². The summed E-state index contributed by atoms with van der Waals surface area (Å²) in [6.45, 7) is 2.57. The molecule has 0 N–H and O–H groups in total. The summed E-state index contributed by atoms with van der Waals surface area (Å²) in [4.78, 5) is 4.14. The highest BCUT2D eigenvalue weighted by atomic mass is 79.9. The lowest BCUT2D eigenvalue weighted by Crippen LogP contribution is -1.96. The fourth-order valence-electron chi connectivity index (χ4n) is 1.33. The molecule has 0 amide bonds. The topological polar surface area (TPSA) is 22.1 Å². The second-order valence-electron chi connectivity index (χ2n) is 3.59. The van der Waals surface area contributed by atoms with Gasteiger partial charge in [-0.15, -0.1) is 0 Å². The van der Waals surface area contributed by atoms with Crippen LogP contribution in [0.1, 0.15) is 11.1 Å². The molecule has 0 bridgehead atoms. The normalized spacial score (nSPS) is 10.1. The van der Waals surface area contributed by atoms with E-state index in [1.807, 2.05) is 43.3 Å². The maximum atomic E-state index is 5.59. The molecule has 0 atom stereocenters. The number of rotatable bonds is 3. The lowest BCUT2D eigenvalue weighted by atomic mass is 10.2. The predicted octanol–water partition coefficient (Wildman–Crippen LogP) is 3.73. The Morgan fingerprint density at radius 2 is 1.94 bits per heavy atom. The number of hydrogen-bond donors (Lipinski definition) is 0.